The Hall–Kier alpha value is -2.16. The number of anilines is 1. The molecule has 1 aromatic heterocycles. The van der Waals surface area contributed by atoms with Gasteiger partial charge in [0, 0.05) is 0 Å². The minimum absolute atomic E-state index is 0.227. The molecule has 1 aromatic carbocycles. The lowest BCUT2D eigenvalue weighted by Crippen LogP contribution is -2.12. The van der Waals surface area contributed by atoms with E-state index in [1.54, 1.807) is 0 Å². The minimum Gasteiger partial charge on any atom is -0.362 e. The lowest BCUT2D eigenvalue weighted by molar-refractivity contribution is 0.698. The second-order valence-corrected chi connectivity index (χ2v) is 4.97. The van der Waals surface area contributed by atoms with Crippen molar-refractivity contribution in [2.45, 2.75) is 32.7 Å². The second kappa shape index (κ2) is 6.85. The van der Waals surface area contributed by atoms with Crippen molar-refractivity contribution in [1.29, 1.82) is 0 Å². The Morgan fingerprint density at radius 3 is 2.60 bits per heavy atom. The number of hydrogen-bond acceptors (Lipinski definition) is 3. The third-order valence-corrected chi connectivity index (χ3v) is 3.42. The van der Waals surface area contributed by atoms with Crippen LogP contribution in [-0.4, -0.2) is 10.2 Å². The van der Waals surface area contributed by atoms with Gasteiger partial charge in [-0.25, -0.2) is 0 Å². The SMILES string of the molecule is C=CCCC(Nc1cc(C)c(C)nn1)c1ccccc1. The number of aromatic nitrogens is 2. The van der Waals surface area contributed by atoms with E-state index in [0.29, 0.717) is 0 Å². The topological polar surface area (TPSA) is 37.8 Å². The van der Waals surface area contributed by atoms with E-state index in [-0.39, 0.29) is 6.04 Å². The number of benzene rings is 1. The van der Waals surface area contributed by atoms with Crippen molar-refractivity contribution in [2.75, 3.05) is 5.32 Å². The number of nitrogens with zero attached hydrogens (tertiary/aromatic N) is 2. The first kappa shape index (κ1) is 14.3. The van der Waals surface area contributed by atoms with Gasteiger partial charge in [-0.3, -0.25) is 0 Å². The molecule has 0 aliphatic rings. The Balaban J connectivity index is 2.19. The summed E-state index contributed by atoms with van der Waals surface area (Å²) in [5.41, 5.74) is 3.38. The van der Waals surface area contributed by atoms with Crippen LogP contribution in [0.5, 0.6) is 0 Å². The van der Waals surface area contributed by atoms with Crippen LogP contribution in [0.1, 0.15) is 35.7 Å². The fourth-order valence-corrected chi connectivity index (χ4v) is 2.09. The van der Waals surface area contributed by atoms with Crippen molar-refractivity contribution in [1.82, 2.24) is 10.2 Å². The van der Waals surface area contributed by atoms with Gasteiger partial charge in [-0.1, -0.05) is 36.4 Å². The summed E-state index contributed by atoms with van der Waals surface area (Å²) in [5, 5.41) is 11.9. The zero-order chi connectivity index (χ0) is 14.4. The lowest BCUT2D eigenvalue weighted by Gasteiger charge is -2.19. The Bertz CT molecular complexity index is 564. The third kappa shape index (κ3) is 3.67. The molecule has 1 unspecified atom stereocenters. The summed E-state index contributed by atoms with van der Waals surface area (Å²) < 4.78 is 0. The predicted molar refractivity (Wildman–Crippen MR) is 83.7 cm³/mol. The molecule has 0 bridgehead atoms. The number of aryl methyl sites for hydroxylation is 2. The van der Waals surface area contributed by atoms with Crippen LogP contribution in [0, 0.1) is 13.8 Å². The molecule has 2 aromatic rings. The van der Waals surface area contributed by atoms with E-state index in [9.17, 15) is 0 Å². The molecule has 0 aliphatic carbocycles. The number of rotatable bonds is 6. The molecule has 0 aliphatic heterocycles. The molecular formula is C17H21N3. The second-order valence-electron chi connectivity index (χ2n) is 4.97. The first-order chi connectivity index (χ1) is 9.70. The molecule has 20 heavy (non-hydrogen) atoms. The third-order valence-electron chi connectivity index (χ3n) is 3.42. The highest BCUT2D eigenvalue weighted by atomic mass is 15.2. The maximum absolute atomic E-state index is 4.23. The van der Waals surface area contributed by atoms with E-state index in [0.717, 1.165) is 29.9 Å². The van der Waals surface area contributed by atoms with Crippen LogP contribution < -0.4 is 5.32 Å². The quantitative estimate of drug-likeness (QED) is 0.797. The van der Waals surface area contributed by atoms with Gasteiger partial charge in [0.1, 0.15) is 5.82 Å². The van der Waals surface area contributed by atoms with E-state index in [1.807, 2.05) is 25.1 Å². The fraction of sp³-hybridized carbons (Fsp3) is 0.294. The summed E-state index contributed by atoms with van der Waals surface area (Å²) in [4.78, 5) is 0. The van der Waals surface area contributed by atoms with E-state index in [1.165, 1.54) is 5.56 Å². The van der Waals surface area contributed by atoms with Crippen molar-refractivity contribution in [2.24, 2.45) is 0 Å². The van der Waals surface area contributed by atoms with Crippen molar-refractivity contribution < 1.29 is 0 Å². The molecule has 0 saturated heterocycles. The Labute approximate surface area is 120 Å². The zero-order valence-corrected chi connectivity index (χ0v) is 12.1. The summed E-state index contributed by atoms with van der Waals surface area (Å²) in [6, 6.07) is 12.7. The van der Waals surface area contributed by atoms with Gasteiger partial charge in [0.15, 0.2) is 0 Å². The maximum Gasteiger partial charge on any atom is 0.149 e. The van der Waals surface area contributed by atoms with Gasteiger partial charge in [0.25, 0.3) is 0 Å². The van der Waals surface area contributed by atoms with Gasteiger partial charge in [-0.15, -0.1) is 11.7 Å². The Morgan fingerprint density at radius 2 is 1.95 bits per heavy atom. The maximum atomic E-state index is 4.23. The van der Waals surface area contributed by atoms with Crippen LogP contribution in [0.4, 0.5) is 5.82 Å². The summed E-state index contributed by atoms with van der Waals surface area (Å²) in [6.07, 6.45) is 3.90. The van der Waals surface area contributed by atoms with Gasteiger partial charge in [0.05, 0.1) is 11.7 Å². The zero-order valence-electron chi connectivity index (χ0n) is 12.1. The monoisotopic (exact) mass is 267 g/mol. The molecule has 0 amide bonds. The van der Waals surface area contributed by atoms with E-state index < -0.39 is 0 Å². The summed E-state index contributed by atoms with van der Waals surface area (Å²) in [7, 11) is 0. The van der Waals surface area contributed by atoms with Crippen LogP contribution in [-0.2, 0) is 0 Å². The Morgan fingerprint density at radius 1 is 1.20 bits per heavy atom. The first-order valence-electron chi connectivity index (χ1n) is 6.94. The fourth-order valence-electron chi connectivity index (χ4n) is 2.09. The number of hydrogen-bond donors (Lipinski definition) is 1. The minimum atomic E-state index is 0.227. The molecule has 3 nitrogen and oxygen atoms in total. The highest BCUT2D eigenvalue weighted by Gasteiger charge is 2.11. The summed E-state index contributed by atoms with van der Waals surface area (Å²) in [6.45, 7) is 7.83. The molecule has 0 spiro atoms. The van der Waals surface area contributed by atoms with Crippen molar-refractivity contribution >= 4 is 5.82 Å². The average molecular weight is 267 g/mol. The molecule has 1 atom stereocenters. The molecular weight excluding hydrogens is 246 g/mol. The van der Waals surface area contributed by atoms with Gasteiger partial charge in [-0.05, 0) is 43.9 Å². The van der Waals surface area contributed by atoms with Crippen LogP contribution in [0.25, 0.3) is 0 Å². The molecule has 1 heterocycles. The standard InChI is InChI=1S/C17H21N3/c1-4-5-11-16(15-9-7-6-8-10-15)18-17-12-13(2)14(3)19-20-17/h4,6-10,12,16H,1,5,11H2,2-3H3,(H,18,20). The smallest absolute Gasteiger partial charge is 0.149 e. The van der Waals surface area contributed by atoms with E-state index in [2.05, 4.69) is 53.3 Å². The molecule has 104 valence electrons. The Kier molecular flexibility index (Phi) is 4.88. The van der Waals surface area contributed by atoms with Crippen molar-refractivity contribution in [3.05, 3.63) is 65.9 Å². The van der Waals surface area contributed by atoms with Crippen LogP contribution >= 0.6 is 0 Å². The normalized spacial score (nSPS) is 11.9. The summed E-state index contributed by atoms with van der Waals surface area (Å²) in [5.74, 6) is 0.825. The molecule has 2 rings (SSSR count). The largest absolute Gasteiger partial charge is 0.362 e. The molecule has 0 radical (unpaired) electrons. The number of allylic oxidation sites excluding steroid dienone is 1. The lowest BCUT2D eigenvalue weighted by atomic mass is 10.0. The molecule has 3 heteroatoms. The van der Waals surface area contributed by atoms with Crippen LogP contribution in [0.2, 0.25) is 0 Å². The van der Waals surface area contributed by atoms with Crippen LogP contribution in [0.3, 0.4) is 0 Å². The van der Waals surface area contributed by atoms with Crippen LogP contribution in [0.15, 0.2) is 49.1 Å². The van der Waals surface area contributed by atoms with Crippen molar-refractivity contribution in [3.63, 3.8) is 0 Å². The molecule has 1 N–H and O–H groups in total. The average Bonchev–Trinajstić information content (AvgIpc) is 2.48. The summed E-state index contributed by atoms with van der Waals surface area (Å²) >= 11 is 0. The highest BCUT2D eigenvalue weighted by molar-refractivity contribution is 5.40. The van der Waals surface area contributed by atoms with Gasteiger partial charge >= 0.3 is 0 Å². The first-order valence-corrected chi connectivity index (χ1v) is 6.94. The molecule has 0 saturated carbocycles. The van der Waals surface area contributed by atoms with Gasteiger partial charge in [-0.2, -0.15) is 5.10 Å². The van der Waals surface area contributed by atoms with Crippen molar-refractivity contribution in [3.8, 4) is 0 Å². The van der Waals surface area contributed by atoms with Gasteiger partial charge < -0.3 is 5.32 Å². The van der Waals surface area contributed by atoms with Gasteiger partial charge in [0.2, 0.25) is 0 Å². The highest BCUT2D eigenvalue weighted by Crippen LogP contribution is 2.23. The van der Waals surface area contributed by atoms with E-state index in [4.69, 9.17) is 0 Å². The van der Waals surface area contributed by atoms with E-state index >= 15 is 0 Å². The number of nitrogens with one attached hydrogen (secondary N) is 1. The predicted octanol–water partition coefficient (Wildman–Crippen LogP) is 4.21. The molecule has 0 fully saturated rings.